The molecule has 0 spiro atoms. The molecule has 1 saturated carbocycles. The molecule has 0 unspecified atom stereocenters. The molecule has 0 bridgehead atoms. The van der Waals surface area contributed by atoms with Crippen LogP contribution in [-0.4, -0.2) is 42.0 Å². The van der Waals surface area contributed by atoms with Gasteiger partial charge >= 0.3 is 12.1 Å². The van der Waals surface area contributed by atoms with Crippen LogP contribution < -0.4 is 5.32 Å². The molecule has 1 amide bonds. The van der Waals surface area contributed by atoms with Crippen molar-refractivity contribution in [1.82, 2.24) is 5.32 Å². The molecule has 0 aliphatic heterocycles. The SMILES string of the molecule is COC1(C(=O)O)CCC(CCNC(=O)OC(C)(C)C)CC1. The molecule has 21 heavy (non-hydrogen) atoms. The zero-order valence-electron chi connectivity index (χ0n) is 13.4. The summed E-state index contributed by atoms with van der Waals surface area (Å²) in [5, 5.41) is 12.0. The number of carbonyl (C=O) groups excluding carboxylic acids is 1. The molecule has 1 fully saturated rings. The van der Waals surface area contributed by atoms with Crippen LogP contribution in [0.1, 0.15) is 52.9 Å². The van der Waals surface area contributed by atoms with E-state index in [4.69, 9.17) is 9.47 Å². The van der Waals surface area contributed by atoms with Crippen molar-refractivity contribution in [2.75, 3.05) is 13.7 Å². The third kappa shape index (κ3) is 5.53. The quantitative estimate of drug-likeness (QED) is 0.815. The summed E-state index contributed by atoms with van der Waals surface area (Å²) in [4.78, 5) is 22.8. The predicted molar refractivity (Wildman–Crippen MR) is 78.2 cm³/mol. The standard InChI is InChI=1S/C15H27NO5/c1-14(2,3)21-13(19)16-10-7-11-5-8-15(20-4,9-6-11)12(17)18/h11H,5-10H2,1-4H3,(H,16,19)(H,17,18). The number of alkyl carbamates (subject to hydrolysis) is 1. The molecule has 0 atom stereocenters. The van der Waals surface area contributed by atoms with Crippen molar-refractivity contribution in [3.63, 3.8) is 0 Å². The van der Waals surface area contributed by atoms with Gasteiger partial charge in [0.1, 0.15) is 5.60 Å². The van der Waals surface area contributed by atoms with Crippen LogP contribution in [0.15, 0.2) is 0 Å². The summed E-state index contributed by atoms with van der Waals surface area (Å²) in [5.74, 6) is -0.460. The van der Waals surface area contributed by atoms with E-state index in [2.05, 4.69) is 5.32 Å². The van der Waals surface area contributed by atoms with Crippen LogP contribution in [0, 0.1) is 5.92 Å². The molecule has 0 aromatic heterocycles. The van der Waals surface area contributed by atoms with Gasteiger partial charge in [-0.1, -0.05) is 0 Å². The maximum Gasteiger partial charge on any atom is 0.407 e. The van der Waals surface area contributed by atoms with Gasteiger partial charge in [-0.3, -0.25) is 0 Å². The summed E-state index contributed by atoms with van der Waals surface area (Å²) >= 11 is 0. The molecule has 0 radical (unpaired) electrons. The number of carboxylic acid groups (broad SMARTS) is 1. The van der Waals surface area contributed by atoms with Crippen LogP contribution in [0.2, 0.25) is 0 Å². The number of rotatable bonds is 5. The number of carbonyl (C=O) groups is 2. The molecule has 1 aliphatic rings. The Hall–Kier alpha value is -1.30. The van der Waals surface area contributed by atoms with Crippen LogP contribution in [0.3, 0.4) is 0 Å². The maximum atomic E-state index is 11.5. The van der Waals surface area contributed by atoms with Gasteiger partial charge in [0.05, 0.1) is 0 Å². The highest BCUT2D eigenvalue weighted by Crippen LogP contribution is 2.36. The van der Waals surface area contributed by atoms with Gasteiger partial charge in [-0.15, -0.1) is 0 Å². The average molecular weight is 301 g/mol. The molecular weight excluding hydrogens is 274 g/mol. The zero-order valence-corrected chi connectivity index (χ0v) is 13.4. The van der Waals surface area contributed by atoms with Gasteiger partial charge in [0.25, 0.3) is 0 Å². The molecule has 0 heterocycles. The topological polar surface area (TPSA) is 84.9 Å². The number of hydrogen-bond acceptors (Lipinski definition) is 4. The lowest BCUT2D eigenvalue weighted by molar-refractivity contribution is -0.167. The Labute approximate surface area is 126 Å². The predicted octanol–water partition coefficient (Wildman–Crippen LogP) is 2.56. The fraction of sp³-hybridized carbons (Fsp3) is 0.867. The minimum Gasteiger partial charge on any atom is -0.479 e. The summed E-state index contributed by atoms with van der Waals surface area (Å²) in [6, 6.07) is 0. The normalized spacial score (nSPS) is 26.2. The zero-order chi connectivity index (χ0) is 16.1. The lowest BCUT2D eigenvalue weighted by Gasteiger charge is -2.35. The molecule has 0 aromatic carbocycles. The van der Waals surface area contributed by atoms with Gasteiger partial charge in [-0.2, -0.15) is 0 Å². The van der Waals surface area contributed by atoms with Gasteiger partial charge in [0.15, 0.2) is 5.60 Å². The van der Waals surface area contributed by atoms with Gasteiger partial charge < -0.3 is 19.9 Å². The van der Waals surface area contributed by atoms with Gasteiger partial charge in [-0.05, 0) is 58.8 Å². The average Bonchev–Trinajstić information content (AvgIpc) is 2.37. The number of amides is 1. The Morgan fingerprint density at radius 1 is 1.29 bits per heavy atom. The number of nitrogens with one attached hydrogen (secondary N) is 1. The van der Waals surface area contributed by atoms with Crippen molar-refractivity contribution in [2.24, 2.45) is 5.92 Å². The second kappa shape index (κ2) is 7.11. The second-order valence-electron chi connectivity index (χ2n) is 6.66. The highest BCUT2D eigenvalue weighted by Gasteiger charge is 2.41. The van der Waals surface area contributed by atoms with Crippen molar-refractivity contribution < 1.29 is 24.2 Å². The monoisotopic (exact) mass is 301 g/mol. The molecule has 0 saturated heterocycles. The summed E-state index contributed by atoms with van der Waals surface area (Å²) in [6.45, 7) is 6.02. The highest BCUT2D eigenvalue weighted by molar-refractivity contribution is 5.77. The first-order valence-electron chi connectivity index (χ1n) is 7.44. The van der Waals surface area contributed by atoms with E-state index in [1.54, 1.807) is 0 Å². The van der Waals surface area contributed by atoms with E-state index in [-0.39, 0.29) is 0 Å². The van der Waals surface area contributed by atoms with E-state index >= 15 is 0 Å². The molecule has 6 nitrogen and oxygen atoms in total. The second-order valence-corrected chi connectivity index (χ2v) is 6.66. The first-order chi connectivity index (χ1) is 9.68. The summed E-state index contributed by atoms with van der Waals surface area (Å²) in [5.41, 5.74) is -1.51. The fourth-order valence-corrected chi connectivity index (χ4v) is 2.63. The van der Waals surface area contributed by atoms with Crippen LogP contribution in [0.4, 0.5) is 4.79 Å². The van der Waals surface area contributed by atoms with Crippen LogP contribution in [0.5, 0.6) is 0 Å². The first-order valence-corrected chi connectivity index (χ1v) is 7.44. The smallest absolute Gasteiger partial charge is 0.407 e. The first kappa shape index (κ1) is 17.8. The minimum atomic E-state index is -1.02. The third-order valence-corrected chi connectivity index (χ3v) is 3.91. The molecule has 1 aliphatic carbocycles. The van der Waals surface area contributed by atoms with E-state index in [9.17, 15) is 14.7 Å². The van der Waals surface area contributed by atoms with Crippen LogP contribution in [-0.2, 0) is 14.3 Å². The molecule has 2 N–H and O–H groups in total. The van der Waals surface area contributed by atoms with Crippen LogP contribution >= 0.6 is 0 Å². The Morgan fingerprint density at radius 3 is 2.29 bits per heavy atom. The summed E-state index contributed by atoms with van der Waals surface area (Å²) < 4.78 is 10.4. The number of hydrogen-bond donors (Lipinski definition) is 2. The Kier molecular flexibility index (Phi) is 6.01. The summed E-state index contributed by atoms with van der Waals surface area (Å²) in [6.07, 6.45) is 3.08. The van der Waals surface area contributed by atoms with E-state index in [0.29, 0.717) is 25.3 Å². The minimum absolute atomic E-state index is 0.407. The third-order valence-electron chi connectivity index (χ3n) is 3.91. The van der Waals surface area contributed by atoms with Crippen LogP contribution in [0.25, 0.3) is 0 Å². The molecule has 0 aromatic rings. The van der Waals surface area contributed by atoms with Crippen molar-refractivity contribution >= 4 is 12.1 Å². The van der Waals surface area contributed by atoms with Gasteiger partial charge in [-0.25, -0.2) is 9.59 Å². The van der Waals surface area contributed by atoms with Crippen molar-refractivity contribution in [3.8, 4) is 0 Å². The maximum absolute atomic E-state index is 11.5. The van der Waals surface area contributed by atoms with E-state index in [1.165, 1.54) is 7.11 Å². The Bertz CT molecular complexity index is 367. The van der Waals surface area contributed by atoms with Crippen molar-refractivity contribution in [2.45, 2.75) is 64.1 Å². The van der Waals surface area contributed by atoms with Crippen molar-refractivity contribution in [1.29, 1.82) is 0 Å². The van der Waals surface area contributed by atoms with E-state index < -0.39 is 23.3 Å². The van der Waals surface area contributed by atoms with Gasteiger partial charge in [0.2, 0.25) is 0 Å². The molecular formula is C15H27NO5. The summed E-state index contributed by atoms with van der Waals surface area (Å²) in [7, 11) is 1.46. The molecule has 1 rings (SSSR count). The lowest BCUT2D eigenvalue weighted by Crippen LogP contribution is -2.44. The fourth-order valence-electron chi connectivity index (χ4n) is 2.63. The van der Waals surface area contributed by atoms with E-state index in [1.807, 2.05) is 20.8 Å². The number of ether oxygens (including phenoxy) is 2. The Morgan fingerprint density at radius 2 is 1.86 bits per heavy atom. The molecule has 6 heteroatoms. The number of aliphatic carboxylic acids is 1. The van der Waals surface area contributed by atoms with E-state index in [0.717, 1.165) is 19.3 Å². The Balaban J connectivity index is 2.28. The largest absolute Gasteiger partial charge is 0.479 e. The van der Waals surface area contributed by atoms with Gasteiger partial charge in [0, 0.05) is 13.7 Å². The number of carboxylic acids is 1. The lowest BCUT2D eigenvalue weighted by atomic mass is 9.77. The highest BCUT2D eigenvalue weighted by atomic mass is 16.6. The molecule has 122 valence electrons. The number of methoxy groups -OCH3 is 1. The van der Waals surface area contributed by atoms with Crippen molar-refractivity contribution in [3.05, 3.63) is 0 Å².